The molecule has 0 aliphatic heterocycles. The van der Waals surface area contributed by atoms with Crippen molar-refractivity contribution in [3.63, 3.8) is 0 Å². The van der Waals surface area contributed by atoms with Gasteiger partial charge in [-0.3, -0.25) is 0 Å². The molecule has 0 amide bonds. The van der Waals surface area contributed by atoms with E-state index >= 15 is 0 Å². The normalized spacial score (nSPS) is 11.1. The largest absolute Gasteiger partial charge is 0.399 e. The zero-order chi connectivity index (χ0) is 13.4. The lowest BCUT2D eigenvalue weighted by molar-refractivity contribution is 0.829. The number of hydrogen-bond acceptors (Lipinski definition) is 2. The van der Waals surface area contributed by atoms with Crippen LogP contribution in [-0.2, 0) is 13.5 Å². The van der Waals surface area contributed by atoms with Gasteiger partial charge in [-0.15, -0.1) is 0 Å². The summed E-state index contributed by atoms with van der Waals surface area (Å²) in [6.45, 7) is 2.13. The molecule has 0 bridgehead atoms. The lowest BCUT2D eigenvalue weighted by Gasteiger charge is -2.04. The van der Waals surface area contributed by atoms with Crippen LogP contribution in [0, 0.1) is 0 Å². The van der Waals surface area contributed by atoms with Gasteiger partial charge in [-0.1, -0.05) is 25.1 Å². The lowest BCUT2D eigenvalue weighted by Crippen LogP contribution is -1.94. The maximum Gasteiger partial charge on any atom is 0.109 e. The van der Waals surface area contributed by atoms with Crippen LogP contribution in [0.15, 0.2) is 42.5 Å². The molecule has 3 rings (SSSR count). The highest BCUT2D eigenvalue weighted by Gasteiger charge is 2.07. The minimum absolute atomic E-state index is 0.790. The van der Waals surface area contributed by atoms with Crippen LogP contribution in [0.4, 0.5) is 5.69 Å². The number of rotatable bonds is 2. The molecular formula is C16H17N3. The Bertz CT molecular complexity index is 724. The SMILES string of the molecule is CCc1nc2ccc(-c3ccc(N)cc3)cc2n1C. The van der Waals surface area contributed by atoms with Gasteiger partial charge < -0.3 is 10.3 Å². The second-order valence-corrected chi connectivity index (χ2v) is 4.77. The molecule has 3 aromatic rings. The molecule has 0 aliphatic carbocycles. The van der Waals surface area contributed by atoms with Crippen LogP contribution < -0.4 is 5.73 Å². The molecule has 96 valence electrons. The first kappa shape index (κ1) is 11.8. The Kier molecular flexibility index (Phi) is 2.75. The first-order valence-electron chi connectivity index (χ1n) is 6.50. The van der Waals surface area contributed by atoms with E-state index in [1.54, 1.807) is 0 Å². The molecule has 2 aromatic carbocycles. The Hall–Kier alpha value is -2.29. The van der Waals surface area contributed by atoms with Crippen LogP contribution >= 0.6 is 0 Å². The minimum atomic E-state index is 0.790. The van der Waals surface area contributed by atoms with Crippen molar-refractivity contribution >= 4 is 16.7 Å². The molecule has 0 radical (unpaired) electrons. The number of imidazole rings is 1. The van der Waals surface area contributed by atoms with Gasteiger partial charge >= 0.3 is 0 Å². The van der Waals surface area contributed by atoms with E-state index in [0.29, 0.717) is 0 Å². The fourth-order valence-corrected chi connectivity index (χ4v) is 2.41. The molecule has 0 atom stereocenters. The van der Waals surface area contributed by atoms with E-state index in [4.69, 9.17) is 5.73 Å². The summed E-state index contributed by atoms with van der Waals surface area (Å²) in [5.41, 5.74) is 11.1. The number of nitrogens with two attached hydrogens (primary N) is 1. The predicted octanol–water partition coefficient (Wildman–Crippen LogP) is 3.38. The van der Waals surface area contributed by atoms with Crippen molar-refractivity contribution in [1.29, 1.82) is 0 Å². The highest BCUT2D eigenvalue weighted by atomic mass is 15.1. The number of anilines is 1. The maximum absolute atomic E-state index is 5.73. The number of aromatic nitrogens is 2. The monoisotopic (exact) mass is 251 g/mol. The Morgan fingerprint density at radius 1 is 1.05 bits per heavy atom. The molecule has 19 heavy (non-hydrogen) atoms. The summed E-state index contributed by atoms with van der Waals surface area (Å²) in [7, 11) is 2.07. The Morgan fingerprint density at radius 2 is 1.74 bits per heavy atom. The molecule has 0 unspecified atom stereocenters. The third-order valence-electron chi connectivity index (χ3n) is 3.53. The zero-order valence-corrected chi connectivity index (χ0v) is 11.2. The van der Waals surface area contributed by atoms with Crippen LogP contribution in [0.3, 0.4) is 0 Å². The first-order chi connectivity index (χ1) is 9.19. The van der Waals surface area contributed by atoms with E-state index in [1.165, 1.54) is 16.6 Å². The highest BCUT2D eigenvalue weighted by Crippen LogP contribution is 2.25. The van der Waals surface area contributed by atoms with Crippen molar-refractivity contribution in [3.8, 4) is 11.1 Å². The number of aryl methyl sites for hydroxylation is 2. The molecule has 3 heteroatoms. The van der Waals surface area contributed by atoms with E-state index in [2.05, 4.69) is 41.7 Å². The first-order valence-corrected chi connectivity index (χ1v) is 6.50. The summed E-state index contributed by atoms with van der Waals surface area (Å²) >= 11 is 0. The predicted molar refractivity (Wildman–Crippen MR) is 79.9 cm³/mol. The summed E-state index contributed by atoms with van der Waals surface area (Å²) < 4.78 is 2.16. The van der Waals surface area contributed by atoms with Gasteiger partial charge in [0.25, 0.3) is 0 Å². The number of nitrogen functional groups attached to an aromatic ring is 1. The van der Waals surface area contributed by atoms with Crippen molar-refractivity contribution in [2.45, 2.75) is 13.3 Å². The second-order valence-electron chi connectivity index (χ2n) is 4.77. The van der Waals surface area contributed by atoms with E-state index in [0.717, 1.165) is 23.4 Å². The van der Waals surface area contributed by atoms with Crippen molar-refractivity contribution < 1.29 is 0 Å². The number of hydrogen-bond donors (Lipinski definition) is 1. The quantitative estimate of drug-likeness (QED) is 0.709. The topological polar surface area (TPSA) is 43.8 Å². The minimum Gasteiger partial charge on any atom is -0.399 e. The molecule has 0 fully saturated rings. The van der Waals surface area contributed by atoms with Crippen molar-refractivity contribution in [1.82, 2.24) is 9.55 Å². The number of nitrogens with zero attached hydrogens (tertiary/aromatic N) is 2. The molecule has 0 saturated carbocycles. The average Bonchev–Trinajstić information content (AvgIpc) is 2.76. The maximum atomic E-state index is 5.73. The fraction of sp³-hybridized carbons (Fsp3) is 0.188. The van der Waals surface area contributed by atoms with Crippen molar-refractivity contribution in [2.75, 3.05) is 5.73 Å². The lowest BCUT2D eigenvalue weighted by atomic mass is 10.0. The van der Waals surface area contributed by atoms with E-state index in [-0.39, 0.29) is 0 Å². The summed E-state index contributed by atoms with van der Waals surface area (Å²) in [5, 5.41) is 0. The Balaban J connectivity index is 2.15. The van der Waals surface area contributed by atoms with Crippen LogP contribution in [-0.4, -0.2) is 9.55 Å². The molecule has 3 nitrogen and oxygen atoms in total. The molecule has 1 aromatic heterocycles. The number of benzene rings is 2. The van der Waals surface area contributed by atoms with Crippen LogP contribution in [0.25, 0.3) is 22.2 Å². The fourth-order valence-electron chi connectivity index (χ4n) is 2.41. The summed E-state index contributed by atoms with van der Waals surface area (Å²) in [6.07, 6.45) is 0.947. The van der Waals surface area contributed by atoms with Gasteiger partial charge in [0.15, 0.2) is 0 Å². The van der Waals surface area contributed by atoms with Gasteiger partial charge in [-0.2, -0.15) is 0 Å². The summed E-state index contributed by atoms with van der Waals surface area (Å²) in [5.74, 6) is 1.12. The van der Waals surface area contributed by atoms with Gasteiger partial charge in [-0.25, -0.2) is 4.98 Å². The smallest absolute Gasteiger partial charge is 0.109 e. The number of fused-ring (bicyclic) bond motifs is 1. The van der Waals surface area contributed by atoms with E-state index in [1.807, 2.05) is 24.3 Å². The van der Waals surface area contributed by atoms with Crippen LogP contribution in [0.1, 0.15) is 12.7 Å². The zero-order valence-electron chi connectivity index (χ0n) is 11.2. The van der Waals surface area contributed by atoms with Crippen molar-refractivity contribution in [2.24, 2.45) is 7.05 Å². The summed E-state index contributed by atoms with van der Waals surface area (Å²) in [6, 6.07) is 14.3. The average molecular weight is 251 g/mol. The van der Waals surface area contributed by atoms with Crippen LogP contribution in [0.2, 0.25) is 0 Å². The van der Waals surface area contributed by atoms with Gasteiger partial charge in [0.05, 0.1) is 11.0 Å². The molecule has 0 aliphatic rings. The van der Waals surface area contributed by atoms with Gasteiger partial charge in [0, 0.05) is 19.2 Å². The van der Waals surface area contributed by atoms with E-state index in [9.17, 15) is 0 Å². The molecule has 1 heterocycles. The molecule has 0 spiro atoms. The second kappa shape index (κ2) is 4.43. The molecule has 2 N–H and O–H groups in total. The standard InChI is InChI=1S/C16H17N3/c1-3-16-18-14-9-6-12(10-15(14)19(16)2)11-4-7-13(17)8-5-11/h4-10H,3,17H2,1-2H3. The van der Waals surface area contributed by atoms with Crippen molar-refractivity contribution in [3.05, 3.63) is 48.3 Å². The summed E-state index contributed by atoms with van der Waals surface area (Å²) in [4.78, 5) is 4.62. The van der Waals surface area contributed by atoms with Gasteiger partial charge in [-0.05, 0) is 35.4 Å². The highest BCUT2D eigenvalue weighted by molar-refractivity contribution is 5.82. The van der Waals surface area contributed by atoms with Gasteiger partial charge in [0.2, 0.25) is 0 Å². The van der Waals surface area contributed by atoms with Gasteiger partial charge in [0.1, 0.15) is 5.82 Å². The third kappa shape index (κ3) is 1.97. The van der Waals surface area contributed by atoms with Crippen LogP contribution in [0.5, 0.6) is 0 Å². The molecular weight excluding hydrogens is 234 g/mol. The third-order valence-corrected chi connectivity index (χ3v) is 3.53. The Labute approximate surface area is 112 Å². The van der Waals surface area contributed by atoms with E-state index < -0.39 is 0 Å². The Morgan fingerprint density at radius 3 is 2.42 bits per heavy atom. The molecule has 0 saturated heterocycles.